The normalized spacial score (nSPS) is 10.6. The lowest BCUT2D eigenvalue weighted by atomic mass is 10.2. The lowest BCUT2D eigenvalue weighted by molar-refractivity contribution is -0.119. The highest BCUT2D eigenvalue weighted by Crippen LogP contribution is 2.36. The number of carbonyl (C=O) groups is 1. The monoisotopic (exact) mass is 315 g/mol. The molecule has 0 bridgehead atoms. The van der Waals surface area contributed by atoms with E-state index >= 15 is 0 Å². The van der Waals surface area contributed by atoms with Gasteiger partial charge in [0.05, 0.1) is 17.3 Å². The first-order valence-electron chi connectivity index (χ1n) is 5.19. The van der Waals surface area contributed by atoms with Crippen LogP contribution in [0.3, 0.4) is 0 Å². The lowest BCUT2D eigenvalue weighted by Gasteiger charge is -2.13. The number of nitrogens with two attached hydrogens (primary N) is 2. The molecule has 0 saturated heterocycles. The topological polar surface area (TPSA) is 99.9 Å². The molecule has 1 rings (SSSR count). The Morgan fingerprint density at radius 3 is 2.78 bits per heavy atom. The number of benzene rings is 1. The summed E-state index contributed by atoms with van der Waals surface area (Å²) in [6.45, 7) is 2.08. The van der Waals surface area contributed by atoms with Crippen molar-refractivity contribution >= 4 is 28.1 Å². The van der Waals surface area contributed by atoms with Crippen molar-refractivity contribution in [3.8, 4) is 11.5 Å². The van der Waals surface area contributed by atoms with Crippen LogP contribution in [0.5, 0.6) is 11.5 Å². The molecule has 0 aliphatic rings. The number of halogens is 1. The minimum Gasteiger partial charge on any atom is -0.490 e. The van der Waals surface area contributed by atoms with Gasteiger partial charge in [-0.05, 0) is 40.5 Å². The number of nitrogens with zero attached hydrogens (tertiary/aromatic N) is 1. The summed E-state index contributed by atoms with van der Waals surface area (Å²) in [7, 11) is 0. The summed E-state index contributed by atoms with van der Waals surface area (Å²) in [6.07, 6.45) is 1.48. The fourth-order valence-electron chi connectivity index (χ4n) is 1.29. The molecule has 0 heterocycles. The van der Waals surface area contributed by atoms with E-state index in [9.17, 15) is 4.79 Å². The van der Waals surface area contributed by atoms with E-state index in [1.165, 1.54) is 6.21 Å². The second-order valence-electron chi connectivity index (χ2n) is 3.30. The summed E-state index contributed by atoms with van der Waals surface area (Å²) >= 11 is 3.33. The second kappa shape index (κ2) is 6.85. The Morgan fingerprint density at radius 2 is 2.22 bits per heavy atom. The van der Waals surface area contributed by atoms with E-state index in [0.717, 1.165) is 5.56 Å². The Balaban J connectivity index is 3.09. The average Bonchev–Trinajstić information content (AvgIpc) is 2.28. The number of rotatable bonds is 6. The molecule has 6 nitrogen and oxygen atoms in total. The van der Waals surface area contributed by atoms with Gasteiger partial charge < -0.3 is 21.1 Å². The van der Waals surface area contributed by atoms with Gasteiger partial charge in [-0.15, -0.1) is 0 Å². The molecule has 0 spiro atoms. The number of hydrazone groups is 1. The highest BCUT2D eigenvalue weighted by atomic mass is 79.9. The summed E-state index contributed by atoms with van der Waals surface area (Å²) in [5, 5.41) is 3.44. The van der Waals surface area contributed by atoms with Crippen LogP contribution < -0.4 is 21.1 Å². The van der Waals surface area contributed by atoms with Gasteiger partial charge >= 0.3 is 0 Å². The number of hydrogen-bond donors (Lipinski definition) is 2. The number of primary amides is 1. The molecule has 0 unspecified atom stereocenters. The van der Waals surface area contributed by atoms with E-state index in [1.807, 2.05) is 6.92 Å². The van der Waals surface area contributed by atoms with Crippen molar-refractivity contribution in [2.24, 2.45) is 16.7 Å². The molecule has 1 aromatic carbocycles. The first-order chi connectivity index (χ1) is 8.58. The molecule has 98 valence electrons. The Kier molecular flexibility index (Phi) is 5.44. The van der Waals surface area contributed by atoms with Crippen molar-refractivity contribution in [1.82, 2.24) is 0 Å². The predicted octanol–water partition coefficient (Wildman–Crippen LogP) is 1.00. The lowest BCUT2D eigenvalue weighted by Crippen LogP contribution is -2.20. The van der Waals surface area contributed by atoms with Gasteiger partial charge in [0.1, 0.15) is 0 Å². The smallest absolute Gasteiger partial charge is 0.255 e. The van der Waals surface area contributed by atoms with Gasteiger partial charge in [-0.3, -0.25) is 4.79 Å². The summed E-state index contributed by atoms with van der Waals surface area (Å²) in [5.41, 5.74) is 5.78. The fraction of sp³-hybridized carbons (Fsp3) is 0.273. The quantitative estimate of drug-likeness (QED) is 0.464. The zero-order valence-electron chi connectivity index (χ0n) is 9.85. The molecule has 1 aromatic rings. The Morgan fingerprint density at radius 1 is 1.50 bits per heavy atom. The third kappa shape index (κ3) is 3.92. The van der Waals surface area contributed by atoms with Crippen LogP contribution in [0.1, 0.15) is 12.5 Å². The van der Waals surface area contributed by atoms with Crippen molar-refractivity contribution < 1.29 is 14.3 Å². The van der Waals surface area contributed by atoms with Gasteiger partial charge in [-0.2, -0.15) is 5.10 Å². The average molecular weight is 316 g/mol. The molecule has 0 atom stereocenters. The minimum absolute atomic E-state index is 0.219. The van der Waals surface area contributed by atoms with Crippen molar-refractivity contribution in [1.29, 1.82) is 0 Å². The Labute approximate surface area is 113 Å². The van der Waals surface area contributed by atoms with Crippen LogP contribution in [0.25, 0.3) is 0 Å². The van der Waals surface area contributed by atoms with Crippen LogP contribution in [0.2, 0.25) is 0 Å². The van der Waals surface area contributed by atoms with Gasteiger partial charge in [0.15, 0.2) is 18.1 Å². The second-order valence-corrected chi connectivity index (χ2v) is 4.15. The standard InChI is InChI=1S/C11H14BrN3O3/c1-2-17-9-4-7(5-15-14)3-8(12)11(9)18-6-10(13)16/h3-5H,2,6,14H2,1H3,(H2,13,16). The van der Waals surface area contributed by atoms with Crippen molar-refractivity contribution in [3.05, 3.63) is 22.2 Å². The minimum atomic E-state index is -0.558. The molecule has 18 heavy (non-hydrogen) atoms. The Bertz CT molecular complexity index is 463. The molecule has 0 aromatic heterocycles. The van der Waals surface area contributed by atoms with E-state index < -0.39 is 5.91 Å². The zero-order valence-corrected chi connectivity index (χ0v) is 11.4. The number of hydrogen-bond acceptors (Lipinski definition) is 5. The van der Waals surface area contributed by atoms with E-state index in [4.69, 9.17) is 21.1 Å². The highest BCUT2D eigenvalue weighted by Gasteiger charge is 2.12. The molecule has 0 fully saturated rings. The number of ether oxygens (including phenoxy) is 2. The van der Waals surface area contributed by atoms with Crippen LogP contribution in [0, 0.1) is 0 Å². The molecule has 7 heteroatoms. The van der Waals surface area contributed by atoms with Crippen molar-refractivity contribution in [3.63, 3.8) is 0 Å². The molecular formula is C11H14BrN3O3. The molecule has 0 radical (unpaired) electrons. The van der Waals surface area contributed by atoms with Gasteiger partial charge in [-0.25, -0.2) is 0 Å². The first kappa shape index (κ1) is 14.3. The molecule has 0 saturated carbocycles. The van der Waals surface area contributed by atoms with Crippen LogP contribution in [0.15, 0.2) is 21.7 Å². The van der Waals surface area contributed by atoms with Crippen LogP contribution in [-0.2, 0) is 4.79 Å². The summed E-state index contributed by atoms with van der Waals surface area (Å²) < 4.78 is 11.3. The number of amides is 1. The fourth-order valence-corrected chi connectivity index (χ4v) is 1.87. The molecular weight excluding hydrogens is 302 g/mol. The molecule has 0 aliphatic carbocycles. The maximum absolute atomic E-state index is 10.7. The van der Waals surface area contributed by atoms with Crippen LogP contribution in [0.4, 0.5) is 0 Å². The predicted molar refractivity (Wildman–Crippen MR) is 71.8 cm³/mol. The van der Waals surface area contributed by atoms with E-state index in [2.05, 4.69) is 21.0 Å². The summed E-state index contributed by atoms with van der Waals surface area (Å²) in [6, 6.07) is 3.45. The number of carbonyl (C=O) groups excluding carboxylic acids is 1. The van der Waals surface area contributed by atoms with Gasteiger partial charge in [0.2, 0.25) is 0 Å². The maximum Gasteiger partial charge on any atom is 0.255 e. The largest absolute Gasteiger partial charge is 0.490 e. The van der Waals surface area contributed by atoms with Crippen LogP contribution in [-0.4, -0.2) is 25.3 Å². The third-order valence-electron chi connectivity index (χ3n) is 1.91. The first-order valence-corrected chi connectivity index (χ1v) is 5.98. The van der Waals surface area contributed by atoms with Crippen LogP contribution >= 0.6 is 15.9 Å². The van der Waals surface area contributed by atoms with Crippen molar-refractivity contribution in [2.75, 3.05) is 13.2 Å². The summed E-state index contributed by atoms with van der Waals surface area (Å²) in [4.78, 5) is 10.7. The maximum atomic E-state index is 10.7. The molecule has 4 N–H and O–H groups in total. The Hall–Kier alpha value is -1.76. The molecule has 0 aliphatic heterocycles. The third-order valence-corrected chi connectivity index (χ3v) is 2.50. The van der Waals surface area contributed by atoms with E-state index in [-0.39, 0.29) is 6.61 Å². The summed E-state index contributed by atoms with van der Waals surface area (Å²) in [5.74, 6) is 5.44. The zero-order chi connectivity index (χ0) is 13.5. The van der Waals surface area contributed by atoms with Gasteiger partial charge in [0.25, 0.3) is 5.91 Å². The van der Waals surface area contributed by atoms with Gasteiger partial charge in [-0.1, -0.05) is 0 Å². The molecule has 1 amide bonds. The SMILES string of the molecule is CCOc1cc(C=NN)cc(Br)c1OCC(N)=O. The van der Waals surface area contributed by atoms with E-state index in [1.54, 1.807) is 12.1 Å². The van der Waals surface area contributed by atoms with Crippen molar-refractivity contribution in [2.45, 2.75) is 6.92 Å². The van der Waals surface area contributed by atoms with Gasteiger partial charge in [0, 0.05) is 0 Å². The highest BCUT2D eigenvalue weighted by molar-refractivity contribution is 9.10. The van der Waals surface area contributed by atoms with E-state index in [0.29, 0.717) is 22.6 Å².